The number of nitrogens with zero attached hydrogens (tertiary/aromatic N) is 2. The highest BCUT2D eigenvalue weighted by molar-refractivity contribution is 7.83. The maximum Gasteiger partial charge on any atom is 0.417 e. The van der Waals surface area contributed by atoms with Crippen molar-refractivity contribution in [3.63, 3.8) is 0 Å². The summed E-state index contributed by atoms with van der Waals surface area (Å²) in [6.07, 6.45) is 0.316. The highest BCUT2D eigenvalue weighted by atomic mass is 32.2. The van der Waals surface area contributed by atoms with E-state index >= 15 is 0 Å². The lowest BCUT2D eigenvalue weighted by Gasteiger charge is -2.09. The van der Waals surface area contributed by atoms with E-state index in [1.807, 2.05) is 0 Å². The summed E-state index contributed by atoms with van der Waals surface area (Å²) in [4.78, 5) is 7.42. The first-order chi connectivity index (χ1) is 8.88. The molecule has 2 heterocycles. The minimum Gasteiger partial charge on any atom is -0.440 e. The van der Waals surface area contributed by atoms with Crippen molar-refractivity contribution in [1.82, 2.24) is 9.97 Å². The SMILES string of the molecule is CS(=O)Cc1cnc(-c2cnccc2C(F)(F)F)o1. The number of alkyl halides is 3. The molecule has 0 aliphatic heterocycles. The standard InChI is InChI=1S/C11H9F3N2O2S/c1-19(17)6-7-4-16-10(18-7)8-5-15-3-2-9(8)11(12,13)14/h2-5H,6H2,1H3. The van der Waals surface area contributed by atoms with Gasteiger partial charge in [-0.25, -0.2) is 4.98 Å². The Morgan fingerprint density at radius 2 is 2.11 bits per heavy atom. The number of oxazole rings is 1. The summed E-state index contributed by atoms with van der Waals surface area (Å²) >= 11 is 0. The van der Waals surface area contributed by atoms with Crippen LogP contribution >= 0.6 is 0 Å². The van der Waals surface area contributed by atoms with Crippen LogP contribution in [0.5, 0.6) is 0 Å². The van der Waals surface area contributed by atoms with E-state index in [-0.39, 0.29) is 23.0 Å². The van der Waals surface area contributed by atoms with Gasteiger partial charge in [0, 0.05) is 29.4 Å². The maximum atomic E-state index is 12.8. The molecule has 19 heavy (non-hydrogen) atoms. The van der Waals surface area contributed by atoms with Crippen molar-refractivity contribution in [3.05, 3.63) is 36.0 Å². The summed E-state index contributed by atoms with van der Waals surface area (Å²) in [5.74, 6) is 0.197. The lowest BCUT2D eigenvalue weighted by molar-refractivity contribution is -0.137. The molecule has 102 valence electrons. The van der Waals surface area contributed by atoms with E-state index in [2.05, 4.69) is 9.97 Å². The first-order valence-corrected chi connectivity index (χ1v) is 6.87. The smallest absolute Gasteiger partial charge is 0.417 e. The first-order valence-electron chi connectivity index (χ1n) is 5.14. The van der Waals surface area contributed by atoms with Gasteiger partial charge in [-0.05, 0) is 6.07 Å². The average Bonchev–Trinajstić information content (AvgIpc) is 2.75. The Bertz CT molecular complexity index is 610. The molecular weight excluding hydrogens is 281 g/mol. The van der Waals surface area contributed by atoms with Crippen LogP contribution in [0.2, 0.25) is 0 Å². The molecule has 4 nitrogen and oxygen atoms in total. The average molecular weight is 290 g/mol. The zero-order valence-corrected chi connectivity index (χ0v) is 10.6. The lowest BCUT2D eigenvalue weighted by Crippen LogP contribution is -2.07. The lowest BCUT2D eigenvalue weighted by atomic mass is 10.1. The Labute approximate surface area is 109 Å². The van der Waals surface area contributed by atoms with Crippen LogP contribution in [0, 0.1) is 0 Å². The molecule has 0 saturated carbocycles. The van der Waals surface area contributed by atoms with Crippen LogP contribution in [-0.4, -0.2) is 20.4 Å². The Morgan fingerprint density at radius 1 is 1.37 bits per heavy atom. The van der Waals surface area contributed by atoms with Gasteiger partial charge in [-0.15, -0.1) is 0 Å². The number of hydrogen-bond donors (Lipinski definition) is 0. The quantitative estimate of drug-likeness (QED) is 0.872. The van der Waals surface area contributed by atoms with Crippen LogP contribution in [0.15, 0.2) is 29.1 Å². The molecule has 2 rings (SSSR count). The Hall–Kier alpha value is -1.70. The van der Waals surface area contributed by atoms with Crippen LogP contribution in [-0.2, 0) is 22.7 Å². The largest absolute Gasteiger partial charge is 0.440 e. The van der Waals surface area contributed by atoms with Crippen molar-refractivity contribution in [1.29, 1.82) is 0 Å². The zero-order valence-electron chi connectivity index (χ0n) is 9.77. The van der Waals surface area contributed by atoms with Gasteiger partial charge in [0.15, 0.2) is 0 Å². The summed E-state index contributed by atoms with van der Waals surface area (Å²) < 4.78 is 54.6. The molecule has 2 aromatic heterocycles. The topological polar surface area (TPSA) is 56.0 Å². The minimum absolute atomic E-state index is 0.106. The molecule has 0 amide bonds. The fourth-order valence-corrected chi connectivity index (χ4v) is 2.05. The van der Waals surface area contributed by atoms with Crippen molar-refractivity contribution < 1.29 is 21.8 Å². The number of rotatable bonds is 3. The number of pyridine rings is 1. The third-order valence-electron chi connectivity index (χ3n) is 2.26. The second-order valence-corrected chi connectivity index (χ2v) is 5.20. The van der Waals surface area contributed by atoms with Crippen LogP contribution in [0.4, 0.5) is 13.2 Å². The predicted molar refractivity (Wildman–Crippen MR) is 62.5 cm³/mol. The van der Waals surface area contributed by atoms with Crippen LogP contribution < -0.4 is 0 Å². The molecule has 0 saturated heterocycles. The van der Waals surface area contributed by atoms with Gasteiger partial charge >= 0.3 is 6.18 Å². The van der Waals surface area contributed by atoms with Crippen LogP contribution in [0.25, 0.3) is 11.5 Å². The second kappa shape index (κ2) is 5.12. The molecule has 0 radical (unpaired) electrons. The molecule has 2 aromatic rings. The van der Waals surface area contributed by atoms with Crippen molar-refractivity contribution in [2.75, 3.05) is 6.26 Å². The van der Waals surface area contributed by atoms with E-state index in [0.717, 1.165) is 18.5 Å². The van der Waals surface area contributed by atoms with E-state index in [9.17, 15) is 17.4 Å². The van der Waals surface area contributed by atoms with Crippen LogP contribution in [0.1, 0.15) is 11.3 Å². The maximum absolute atomic E-state index is 12.8. The summed E-state index contributed by atoms with van der Waals surface area (Å²) in [5, 5.41) is 0. The Balaban J connectivity index is 2.42. The van der Waals surface area contributed by atoms with E-state index < -0.39 is 22.5 Å². The molecular formula is C11H9F3N2O2S. The van der Waals surface area contributed by atoms with Crippen molar-refractivity contribution >= 4 is 10.8 Å². The van der Waals surface area contributed by atoms with Gasteiger partial charge in [-0.3, -0.25) is 9.19 Å². The van der Waals surface area contributed by atoms with Crippen molar-refractivity contribution in [2.24, 2.45) is 0 Å². The molecule has 0 aliphatic rings. The minimum atomic E-state index is -4.51. The van der Waals surface area contributed by atoms with Gasteiger partial charge in [0.05, 0.1) is 23.1 Å². The molecule has 0 N–H and O–H groups in total. The van der Waals surface area contributed by atoms with E-state index in [4.69, 9.17) is 4.42 Å². The van der Waals surface area contributed by atoms with Gasteiger partial charge in [0.1, 0.15) is 5.76 Å². The molecule has 0 aromatic carbocycles. The van der Waals surface area contributed by atoms with Crippen molar-refractivity contribution in [2.45, 2.75) is 11.9 Å². The molecule has 0 spiro atoms. The van der Waals surface area contributed by atoms with Gasteiger partial charge < -0.3 is 4.42 Å². The van der Waals surface area contributed by atoms with E-state index in [1.165, 1.54) is 12.5 Å². The molecule has 8 heteroatoms. The van der Waals surface area contributed by atoms with Gasteiger partial charge in [-0.1, -0.05) is 0 Å². The normalized spacial score (nSPS) is 13.5. The molecule has 0 aliphatic carbocycles. The van der Waals surface area contributed by atoms with Crippen LogP contribution in [0.3, 0.4) is 0 Å². The van der Waals surface area contributed by atoms with Crippen molar-refractivity contribution in [3.8, 4) is 11.5 Å². The molecule has 0 bridgehead atoms. The number of hydrogen-bond acceptors (Lipinski definition) is 4. The second-order valence-electron chi connectivity index (χ2n) is 3.77. The highest BCUT2D eigenvalue weighted by Crippen LogP contribution is 2.36. The monoisotopic (exact) mass is 290 g/mol. The van der Waals surface area contributed by atoms with Gasteiger partial charge in [0.25, 0.3) is 0 Å². The summed E-state index contributed by atoms with van der Waals surface area (Å²) in [6, 6.07) is 0.858. The Kier molecular flexibility index (Phi) is 3.70. The van der Waals surface area contributed by atoms with Gasteiger partial charge in [-0.2, -0.15) is 13.2 Å². The molecule has 1 atom stereocenters. The first kappa shape index (κ1) is 13.7. The Morgan fingerprint density at radius 3 is 2.74 bits per heavy atom. The molecule has 0 fully saturated rings. The van der Waals surface area contributed by atoms with E-state index in [0.29, 0.717) is 0 Å². The third-order valence-corrected chi connectivity index (χ3v) is 2.95. The summed E-state index contributed by atoms with van der Waals surface area (Å²) in [6.45, 7) is 0. The fraction of sp³-hybridized carbons (Fsp3) is 0.273. The van der Waals surface area contributed by atoms with E-state index in [1.54, 1.807) is 0 Å². The highest BCUT2D eigenvalue weighted by Gasteiger charge is 2.34. The van der Waals surface area contributed by atoms with Gasteiger partial charge in [0.2, 0.25) is 5.89 Å². The number of aromatic nitrogens is 2. The summed E-state index contributed by atoms with van der Waals surface area (Å²) in [7, 11) is -1.15. The third kappa shape index (κ3) is 3.19. The summed E-state index contributed by atoms with van der Waals surface area (Å²) in [5.41, 5.74) is -1.10. The molecule has 1 unspecified atom stereocenters. The fourth-order valence-electron chi connectivity index (χ4n) is 1.51. The number of halogens is 3. The predicted octanol–water partition coefficient (Wildman–Crippen LogP) is 2.63. The zero-order chi connectivity index (χ0) is 14.0.